The Bertz CT molecular complexity index is 497. The molecule has 2 aliphatic rings. The van der Waals surface area contributed by atoms with Crippen LogP contribution in [0.3, 0.4) is 0 Å². The number of carbonyl (C=O) groups excluding carboxylic acids is 1. The second kappa shape index (κ2) is 6.46. The SMILES string of the molecule is C[C@H]1CCC[C@@H](NC(=O)c2cccnc2N2CCCC2)C1. The molecule has 1 amide bonds. The summed E-state index contributed by atoms with van der Waals surface area (Å²) < 4.78 is 0. The van der Waals surface area contributed by atoms with Crippen LogP contribution in [0.1, 0.15) is 55.8 Å². The zero-order valence-corrected chi connectivity index (χ0v) is 12.8. The van der Waals surface area contributed by atoms with Crippen LogP contribution in [0.15, 0.2) is 18.3 Å². The van der Waals surface area contributed by atoms with E-state index in [1.165, 1.54) is 25.7 Å². The smallest absolute Gasteiger partial charge is 0.255 e. The van der Waals surface area contributed by atoms with Crippen LogP contribution in [-0.2, 0) is 0 Å². The molecule has 21 heavy (non-hydrogen) atoms. The topological polar surface area (TPSA) is 45.2 Å². The number of aromatic nitrogens is 1. The number of carbonyl (C=O) groups is 1. The molecule has 4 heteroatoms. The molecule has 0 radical (unpaired) electrons. The number of rotatable bonds is 3. The number of pyridine rings is 1. The van der Waals surface area contributed by atoms with E-state index in [1.54, 1.807) is 6.20 Å². The number of hydrogen-bond acceptors (Lipinski definition) is 3. The minimum atomic E-state index is 0.0455. The van der Waals surface area contributed by atoms with Gasteiger partial charge >= 0.3 is 0 Å². The van der Waals surface area contributed by atoms with Crippen LogP contribution in [-0.4, -0.2) is 30.0 Å². The quantitative estimate of drug-likeness (QED) is 0.929. The van der Waals surface area contributed by atoms with Crippen molar-refractivity contribution in [3.05, 3.63) is 23.9 Å². The third kappa shape index (κ3) is 3.36. The highest BCUT2D eigenvalue weighted by Gasteiger charge is 2.24. The average Bonchev–Trinajstić information content (AvgIpc) is 3.01. The van der Waals surface area contributed by atoms with Crippen LogP contribution in [0.25, 0.3) is 0 Å². The minimum Gasteiger partial charge on any atom is -0.356 e. The lowest BCUT2D eigenvalue weighted by molar-refractivity contribution is 0.0921. The Hall–Kier alpha value is -1.58. The lowest BCUT2D eigenvalue weighted by atomic mass is 9.87. The van der Waals surface area contributed by atoms with E-state index in [9.17, 15) is 4.79 Å². The van der Waals surface area contributed by atoms with E-state index in [4.69, 9.17) is 0 Å². The van der Waals surface area contributed by atoms with E-state index in [1.807, 2.05) is 12.1 Å². The highest BCUT2D eigenvalue weighted by Crippen LogP contribution is 2.25. The van der Waals surface area contributed by atoms with Crippen molar-refractivity contribution in [2.75, 3.05) is 18.0 Å². The molecule has 4 nitrogen and oxygen atoms in total. The third-order valence-corrected chi connectivity index (χ3v) is 4.71. The molecule has 1 saturated heterocycles. The molecule has 114 valence electrons. The first-order chi connectivity index (χ1) is 10.2. The van der Waals surface area contributed by atoms with Gasteiger partial charge in [-0.05, 0) is 43.7 Å². The van der Waals surface area contributed by atoms with E-state index >= 15 is 0 Å². The van der Waals surface area contributed by atoms with Gasteiger partial charge in [0, 0.05) is 25.3 Å². The number of nitrogens with zero attached hydrogens (tertiary/aromatic N) is 2. The zero-order valence-electron chi connectivity index (χ0n) is 12.8. The Morgan fingerprint density at radius 1 is 1.29 bits per heavy atom. The van der Waals surface area contributed by atoms with Crippen LogP contribution in [0.4, 0.5) is 5.82 Å². The largest absolute Gasteiger partial charge is 0.356 e. The van der Waals surface area contributed by atoms with E-state index in [0.717, 1.165) is 43.2 Å². The summed E-state index contributed by atoms with van der Waals surface area (Å²) in [6, 6.07) is 4.09. The molecule has 2 atom stereocenters. The monoisotopic (exact) mass is 287 g/mol. The van der Waals surface area contributed by atoms with Crippen molar-refractivity contribution in [2.45, 2.75) is 51.5 Å². The molecule has 2 heterocycles. The number of anilines is 1. The third-order valence-electron chi connectivity index (χ3n) is 4.71. The summed E-state index contributed by atoms with van der Waals surface area (Å²) in [5.41, 5.74) is 0.734. The lowest BCUT2D eigenvalue weighted by Gasteiger charge is -2.28. The van der Waals surface area contributed by atoms with Gasteiger partial charge in [-0.3, -0.25) is 4.79 Å². The van der Waals surface area contributed by atoms with Crippen molar-refractivity contribution in [3.8, 4) is 0 Å². The molecule has 1 aliphatic heterocycles. The Kier molecular flexibility index (Phi) is 4.42. The van der Waals surface area contributed by atoms with Crippen molar-refractivity contribution in [3.63, 3.8) is 0 Å². The van der Waals surface area contributed by atoms with Gasteiger partial charge in [-0.1, -0.05) is 19.8 Å². The van der Waals surface area contributed by atoms with Crippen molar-refractivity contribution in [1.82, 2.24) is 10.3 Å². The van der Waals surface area contributed by atoms with Crippen molar-refractivity contribution in [1.29, 1.82) is 0 Å². The molecule has 1 aliphatic carbocycles. The number of nitrogens with one attached hydrogen (secondary N) is 1. The van der Waals surface area contributed by atoms with Gasteiger partial charge in [-0.2, -0.15) is 0 Å². The van der Waals surface area contributed by atoms with Gasteiger partial charge in [0.2, 0.25) is 0 Å². The normalized spacial score (nSPS) is 25.9. The van der Waals surface area contributed by atoms with E-state index in [0.29, 0.717) is 6.04 Å². The lowest BCUT2D eigenvalue weighted by Crippen LogP contribution is -2.38. The Morgan fingerprint density at radius 3 is 2.86 bits per heavy atom. The fourth-order valence-electron chi connectivity index (χ4n) is 3.58. The van der Waals surface area contributed by atoms with Gasteiger partial charge in [0.15, 0.2) is 0 Å². The maximum atomic E-state index is 12.6. The summed E-state index contributed by atoms with van der Waals surface area (Å²) in [6.45, 7) is 4.30. The zero-order chi connectivity index (χ0) is 14.7. The maximum absolute atomic E-state index is 12.6. The Labute approximate surface area is 126 Å². The first kappa shape index (κ1) is 14.4. The van der Waals surface area contributed by atoms with Gasteiger partial charge in [0.25, 0.3) is 5.91 Å². The predicted molar refractivity (Wildman–Crippen MR) is 84.6 cm³/mol. The molecule has 1 aromatic heterocycles. The molecule has 0 aromatic carbocycles. The second-order valence-electron chi connectivity index (χ2n) is 6.51. The Balaban J connectivity index is 1.72. The number of hydrogen-bond donors (Lipinski definition) is 1. The van der Waals surface area contributed by atoms with Gasteiger partial charge in [0.05, 0.1) is 5.56 Å². The summed E-state index contributed by atoms with van der Waals surface area (Å²) in [7, 11) is 0. The van der Waals surface area contributed by atoms with Crippen LogP contribution in [0, 0.1) is 5.92 Å². The molecule has 1 N–H and O–H groups in total. The van der Waals surface area contributed by atoms with Gasteiger partial charge in [0.1, 0.15) is 5.82 Å². The first-order valence-corrected chi connectivity index (χ1v) is 8.25. The van der Waals surface area contributed by atoms with E-state index < -0.39 is 0 Å². The van der Waals surface area contributed by atoms with E-state index in [2.05, 4.69) is 22.1 Å². The molecule has 1 saturated carbocycles. The van der Waals surface area contributed by atoms with E-state index in [-0.39, 0.29) is 5.91 Å². The molecular formula is C17H25N3O. The van der Waals surface area contributed by atoms with Gasteiger partial charge < -0.3 is 10.2 Å². The fraction of sp³-hybridized carbons (Fsp3) is 0.647. The highest BCUT2D eigenvalue weighted by atomic mass is 16.1. The van der Waals surface area contributed by atoms with Gasteiger partial charge in [-0.25, -0.2) is 4.98 Å². The summed E-state index contributed by atoms with van der Waals surface area (Å²) in [5.74, 6) is 1.62. The van der Waals surface area contributed by atoms with Crippen molar-refractivity contribution in [2.24, 2.45) is 5.92 Å². The minimum absolute atomic E-state index is 0.0455. The average molecular weight is 287 g/mol. The number of amides is 1. The van der Waals surface area contributed by atoms with Crippen molar-refractivity contribution >= 4 is 11.7 Å². The van der Waals surface area contributed by atoms with Crippen molar-refractivity contribution < 1.29 is 4.79 Å². The molecule has 2 fully saturated rings. The highest BCUT2D eigenvalue weighted by molar-refractivity contribution is 5.99. The van der Waals surface area contributed by atoms with Crippen LogP contribution in [0.2, 0.25) is 0 Å². The standard InChI is InChI=1S/C17H25N3O/c1-13-6-4-7-14(12-13)19-17(21)15-8-5-9-18-16(15)20-10-2-3-11-20/h5,8-9,13-14H,2-4,6-7,10-12H2,1H3,(H,19,21)/t13-,14+/m0/s1. The summed E-state index contributed by atoms with van der Waals surface area (Å²) in [4.78, 5) is 19.3. The van der Waals surface area contributed by atoms with Gasteiger partial charge in [-0.15, -0.1) is 0 Å². The molecule has 1 aromatic rings. The summed E-state index contributed by atoms with van der Waals surface area (Å²) in [5, 5.41) is 3.22. The maximum Gasteiger partial charge on any atom is 0.255 e. The fourth-order valence-corrected chi connectivity index (χ4v) is 3.58. The van der Waals surface area contributed by atoms with Crippen LogP contribution in [0.5, 0.6) is 0 Å². The second-order valence-corrected chi connectivity index (χ2v) is 6.51. The molecule has 0 unspecified atom stereocenters. The summed E-state index contributed by atoms with van der Waals surface area (Å²) in [6.07, 6.45) is 8.89. The Morgan fingerprint density at radius 2 is 2.10 bits per heavy atom. The van der Waals surface area contributed by atoms with Crippen LogP contribution >= 0.6 is 0 Å². The molecule has 0 spiro atoms. The molecule has 3 rings (SSSR count). The summed E-state index contributed by atoms with van der Waals surface area (Å²) >= 11 is 0. The molecular weight excluding hydrogens is 262 g/mol. The first-order valence-electron chi connectivity index (χ1n) is 8.25. The molecule has 0 bridgehead atoms. The predicted octanol–water partition coefficient (Wildman–Crippen LogP) is 2.99. The van der Waals surface area contributed by atoms with Crippen LogP contribution < -0.4 is 10.2 Å².